The van der Waals surface area contributed by atoms with Crippen LogP contribution in [0.2, 0.25) is 0 Å². The summed E-state index contributed by atoms with van der Waals surface area (Å²) in [6.07, 6.45) is 2.13. The van der Waals surface area contributed by atoms with Crippen LogP contribution < -0.4 is 5.32 Å². The molecule has 1 N–H and O–H groups in total. The Kier molecular flexibility index (Phi) is 3.49. The molecule has 1 saturated heterocycles. The summed E-state index contributed by atoms with van der Waals surface area (Å²) in [5.74, 6) is 0.967. The average Bonchev–Trinajstić information content (AvgIpc) is 2.63. The van der Waals surface area contributed by atoms with Crippen molar-refractivity contribution in [3.63, 3.8) is 0 Å². The highest BCUT2D eigenvalue weighted by molar-refractivity contribution is 9.10. The average molecular weight is 274 g/mol. The zero-order valence-electron chi connectivity index (χ0n) is 8.88. The molecule has 1 fully saturated rings. The SMILES string of the molecule is CC1(NCc2ccc(Br)o2)CCOCC1. The van der Waals surface area contributed by atoms with E-state index in [1.54, 1.807) is 0 Å². The van der Waals surface area contributed by atoms with E-state index in [0.29, 0.717) is 0 Å². The zero-order chi connectivity index (χ0) is 10.7. The smallest absolute Gasteiger partial charge is 0.169 e. The Morgan fingerprint density at radius 3 is 2.73 bits per heavy atom. The number of halogens is 1. The number of ether oxygens (including phenoxy) is 1. The van der Waals surface area contributed by atoms with Crippen LogP contribution in [0.3, 0.4) is 0 Å². The lowest BCUT2D eigenvalue weighted by Gasteiger charge is -2.34. The molecule has 3 nitrogen and oxygen atoms in total. The summed E-state index contributed by atoms with van der Waals surface area (Å²) in [7, 11) is 0. The second-order valence-electron chi connectivity index (χ2n) is 4.23. The summed E-state index contributed by atoms with van der Waals surface area (Å²) in [6, 6.07) is 3.91. The normalized spacial score (nSPS) is 20.4. The highest BCUT2D eigenvalue weighted by Gasteiger charge is 2.26. The minimum absolute atomic E-state index is 0.192. The molecule has 0 radical (unpaired) electrons. The molecule has 0 atom stereocenters. The molecule has 2 heterocycles. The van der Waals surface area contributed by atoms with Gasteiger partial charge in [-0.25, -0.2) is 0 Å². The minimum Gasteiger partial charge on any atom is -0.453 e. The molecule has 84 valence electrons. The molecule has 1 aliphatic rings. The van der Waals surface area contributed by atoms with Gasteiger partial charge >= 0.3 is 0 Å². The fourth-order valence-corrected chi connectivity index (χ4v) is 2.09. The zero-order valence-corrected chi connectivity index (χ0v) is 10.5. The topological polar surface area (TPSA) is 34.4 Å². The molecule has 4 heteroatoms. The first-order chi connectivity index (χ1) is 7.18. The Balaban J connectivity index is 1.86. The van der Waals surface area contributed by atoms with Gasteiger partial charge in [0.15, 0.2) is 4.67 Å². The second-order valence-corrected chi connectivity index (χ2v) is 5.01. The molecule has 1 aromatic rings. The lowest BCUT2D eigenvalue weighted by atomic mass is 9.92. The molecule has 0 amide bonds. The van der Waals surface area contributed by atoms with Gasteiger partial charge in [0.05, 0.1) is 6.54 Å². The Labute approximate surface area is 98.3 Å². The standard InChI is InChI=1S/C11H16BrNO2/c1-11(4-6-14-7-5-11)13-8-9-2-3-10(12)15-9/h2-3,13H,4-8H2,1H3. The van der Waals surface area contributed by atoms with E-state index in [9.17, 15) is 0 Å². The van der Waals surface area contributed by atoms with Crippen LogP contribution >= 0.6 is 15.9 Å². The van der Waals surface area contributed by atoms with Crippen LogP contribution in [-0.2, 0) is 11.3 Å². The lowest BCUT2D eigenvalue weighted by molar-refractivity contribution is 0.0439. The third-order valence-corrected chi connectivity index (χ3v) is 3.34. The molecule has 0 unspecified atom stereocenters. The minimum atomic E-state index is 0.192. The van der Waals surface area contributed by atoms with Crippen LogP contribution in [0.5, 0.6) is 0 Å². The first-order valence-corrected chi connectivity index (χ1v) is 6.04. The highest BCUT2D eigenvalue weighted by atomic mass is 79.9. The summed E-state index contributed by atoms with van der Waals surface area (Å²) in [6.45, 7) is 4.73. The summed E-state index contributed by atoms with van der Waals surface area (Å²) < 4.78 is 11.6. The van der Waals surface area contributed by atoms with Crippen LogP contribution in [0.4, 0.5) is 0 Å². The maximum Gasteiger partial charge on any atom is 0.169 e. The third kappa shape index (κ3) is 3.06. The molecule has 0 aromatic carbocycles. The molecular formula is C11H16BrNO2. The van der Waals surface area contributed by atoms with Gasteiger partial charge in [0, 0.05) is 18.8 Å². The van der Waals surface area contributed by atoms with Crippen molar-refractivity contribution in [1.29, 1.82) is 0 Å². The van der Waals surface area contributed by atoms with Crippen molar-refractivity contribution >= 4 is 15.9 Å². The predicted molar refractivity (Wildman–Crippen MR) is 61.7 cm³/mol. The van der Waals surface area contributed by atoms with Gasteiger partial charge in [-0.2, -0.15) is 0 Å². The van der Waals surface area contributed by atoms with E-state index < -0.39 is 0 Å². The van der Waals surface area contributed by atoms with Gasteiger partial charge in [0.25, 0.3) is 0 Å². The number of nitrogens with one attached hydrogen (secondary N) is 1. The van der Waals surface area contributed by atoms with Gasteiger partial charge in [-0.3, -0.25) is 0 Å². The number of hydrogen-bond donors (Lipinski definition) is 1. The van der Waals surface area contributed by atoms with E-state index in [1.807, 2.05) is 12.1 Å². The van der Waals surface area contributed by atoms with Crippen molar-refractivity contribution in [2.45, 2.75) is 31.8 Å². The van der Waals surface area contributed by atoms with Gasteiger partial charge in [0.1, 0.15) is 5.76 Å². The number of rotatable bonds is 3. The van der Waals surface area contributed by atoms with Crippen molar-refractivity contribution in [2.75, 3.05) is 13.2 Å². The molecule has 0 spiro atoms. The van der Waals surface area contributed by atoms with Gasteiger partial charge in [-0.1, -0.05) is 0 Å². The molecular weight excluding hydrogens is 258 g/mol. The molecule has 0 aliphatic carbocycles. The summed E-state index contributed by atoms with van der Waals surface area (Å²) in [5.41, 5.74) is 0.192. The third-order valence-electron chi connectivity index (χ3n) is 2.91. The van der Waals surface area contributed by atoms with Crippen LogP contribution in [0, 0.1) is 0 Å². The fourth-order valence-electron chi connectivity index (χ4n) is 1.75. The monoisotopic (exact) mass is 273 g/mol. The first kappa shape index (κ1) is 11.2. The summed E-state index contributed by atoms with van der Waals surface area (Å²) in [4.78, 5) is 0. The van der Waals surface area contributed by atoms with Gasteiger partial charge in [-0.15, -0.1) is 0 Å². The predicted octanol–water partition coefficient (Wildman–Crippen LogP) is 2.70. The molecule has 1 aromatic heterocycles. The lowest BCUT2D eigenvalue weighted by Crippen LogP contribution is -2.46. The Bertz CT molecular complexity index is 318. The molecule has 0 bridgehead atoms. The Morgan fingerprint density at radius 1 is 1.40 bits per heavy atom. The molecule has 1 aliphatic heterocycles. The van der Waals surface area contributed by atoms with Crippen LogP contribution in [-0.4, -0.2) is 18.8 Å². The quantitative estimate of drug-likeness (QED) is 0.920. The van der Waals surface area contributed by atoms with Gasteiger partial charge < -0.3 is 14.5 Å². The summed E-state index contributed by atoms with van der Waals surface area (Å²) >= 11 is 3.30. The Hall–Kier alpha value is -0.320. The van der Waals surface area contributed by atoms with Crippen molar-refractivity contribution in [2.24, 2.45) is 0 Å². The van der Waals surface area contributed by atoms with E-state index in [4.69, 9.17) is 9.15 Å². The van der Waals surface area contributed by atoms with Gasteiger partial charge in [-0.05, 0) is 47.8 Å². The van der Waals surface area contributed by atoms with E-state index in [2.05, 4.69) is 28.2 Å². The summed E-state index contributed by atoms with van der Waals surface area (Å²) in [5, 5.41) is 3.53. The second kappa shape index (κ2) is 4.68. The number of hydrogen-bond acceptors (Lipinski definition) is 3. The van der Waals surface area contributed by atoms with E-state index in [1.165, 1.54) is 0 Å². The van der Waals surface area contributed by atoms with Crippen molar-refractivity contribution in [3.8, 4) is 0 Å². The van der Waals surface area contributed by atoms with Crippen molar-refractivity contribution in [1.82, 2.24) is 5.32 Å². The van der Waals surface area contributed by atoms with E-state index >= 15 is 0 Å². The maximum absolute atomic E-state index is 5.44. The molecule has 15 heavy (non-hydrogen) atoms. The van der Waals surface area contributed by atoms with Gasteiger partial charge in [0.2, 0.25) is 0 Å². The largest absolute Gasteiger partial charge is 0.453 e. The van der Waals surface area contributed by atoms with Crippen LogP contribution in [0.25, 0.3) is 0 Å². The highest BCUT2D eigenvalue weighted by Crippen LogP contribution is 2.21. The van der Waals surface area contributed by atoms with Crippen molar-refractivity contribution in [3.05, 3.63) is 22.6 Å². The Morgan fingerprint density at radius 2 is 2.13 bits per heavy atom. The maximum atomic E-state index is 5.44. The fraction of sp³-hybridized carbons (Fsp3) is 0.636. The number of furan rings is 1. The van der Waals surface area contributed by atoms with Crippen LogP contribution in [0.1, 0.15) is 25.5 Å². The first-order valence-electron chi connectivity index (χ1n) is 5.25. The molecule has 2 rings (SSSR count). The van der Waals surface area contributed by atoms with Crippen LogP contribution in [0.15, 0.2) is 21.2 Å². The van der Waals surface area contributed by atoms with E-state index in [-0.39, 0.29) is 5.54 Å². The molecule has 0 saturated carbocycles. The van der Waals surface area contributed by atoms with E-state index in [0.717, 1.165) is 43.0 Å². The van der Waals surface area contributed by atoms with Crippen molar-refractivity contribution < 1.29 is 9.15 Å².